The van der Waals surface area contributed by atoms with Crippen LogP contribution < -0.4 is 0 Å². The van der Waals surface area contributed by atoms with Crippen LogP contribution in [-0.4, -0.2) is 35.1 Å². The molecule has 1 unspecified atom stereocenters. The van der Waals surface area contributed by atoms with Crippen molar-refractivity contribution in [1.29, 1.82) is 0 Å². The molecular weight excluding hydrogens is 264 g/mol. The third-order valence-corrected chi connectivity index (χ3v) is 4.61. The predicted octanol–water partition coefficient (Wildman–Crippen LogP) is 2.62. The zero-order chi connectivity index (χ0) is 14.3. The van der Waals surface area contributed by atoms with Crippen LogP contribution in [0.2, 0.25) is 0 Å². The van der Waals surface area contributed by atoms with Crippen molar-refractivity contribution in [3.63, 3.8) is 0 Å². The smallest absolute Gasteiger partial charge is 0.307 e. The van der Waals surface area contributed by atoms with E-state index in [2.05, 4.69) is 4.90 Å². The van der Waals surface area contributed by atoms with Gasteiger partial charge in [0.1, 0.15) is 11.6 Å². The van der Waals surface area contributed by atoms with Crippen LogP contribution in [0.3, 0.4) is 0 Å². The van der Waals surface area contributed by atoms with E-state index in [1.54, 1.807) is 0 Å². The molecule has 0 amide bonds. The Morgan fingerprint density at radius 3 is 2.45 bits per heavy atom. The molecule has 1 aromatic carbocycles. The van der Waals surface area contributed by atoms with Crippen LogP contribution in [0.1, 0.15) is 30.7 Å². The summed E-state index contributed by atoms with van der Waals surface area (Å²) in [7, 11) is 0. The maximum atomic E-state index is 13.7. The number of carbonyl (C=O) groups is 1. The van der Waals surface area contributed by atoms with Gasteiger partial charge in [-0.15, -0.1) is 0 Å². The van der Waals surface area contributed by atoms with E-state index >= 15 is 0 Å². The number of aliphatic carboxylic acids is 1. The van der Waals surface area contributed by atoms with Crippen LogP contribution in [0, 0.1) is 17.6 Å². The number of carboxylic acid groups (broad SMARTS) is 1. The van der Waals surface area contributed by atoms with E-state index < -0.39 is 17.6 Å². The minimum Gasteiger partial charge on any atom is -0.481 e. The summed E-state index contributed by atoms with van der Waals surface area (Å²) in [6.45, 7) is 1.33. The lowest BCUT2D eigenvalue weighted by Crippen LogP contribution is -2.43. The molecule has 1 saturated heterocycles. The molecule has 1 heterocycles. The zero-order valence-corrected chi connectivity index (χ0v) is 11.1. The first kappa shape index (κ1) is 13.5. The summed E-state index contributed by atoms with van der Waals surface area (Å²) in [6.07, 6.45) is 2.10. The summed E-state index contributed by atoms with van der Waals surface area (Å²) in [6, 6.07) is 4.23. The van der Waals surface area contributed by atoms with Crippen LogP contribution in [0.5, 0.6) is 0 Å². The Labute approximate surface area is 116 Å². The molecule has 0 bridgehead atoms. The van der Waals surface area contributed by atoms with Gasteiger partial charge in [-0.1, -0.05) is 6.07 Å². The molecule has 0 radical (unpaired) electrons. The number of hydrogen-bond donors (Lipinski definition) is 1. The number of rotatable bonds is 3. The zero-order valence-electron chi connectivity index (χ0n) is 11.1. The van der Waals surface area contributed by atoms with E-state index in [0.717, 1.165) is 6.54 Å². The second-order valence-electron chi connectivity index (χ2n) is 5.78. The van der Waals surface area contributed by atoms with Crippen molar-refractivity contribution in [2.45, 2.75) is 31.2 Å². The van der Waals surface area contributed by atoms with Crippen molar-refractivity contribution in [2.75, 3.05) is 13.1 Å². The van der Waals surface area contributed by atoms with Gasteiger partial charge < -0.3 is 5.11 Å². The molecule has 2 fully saturated rings. The average molecular weight is 281 g/mol. The average Bonchev–Trinajstić information content (AvgIpc) is 2.80. The lowest BCUT2D eigenvalue weighted by atomic mass is 9.74. The van der Waals surface area contributed by atoms with Gasteiger partial charge in [0.25, 0.3) is 0 Å². The normalized spacial score (nSPS) is 30.2. The van der Waals surface area contributed by atoms with Gasteiger partial charge in [-0.2, -0.15) is 0 Å². The first-order valence-electron chi connectivity index (χ1n) is 6.97. The number of benzene rings is 1. The van der Waals surface area contributed by atoms with Crippen LogP contribution in [-0.2, 0) is 4.79 Å². The first-order chi connectivity index (χ1) is 9.56. The summed E-state index contributed by atoms with van der Waals surface area (Å²) < 4.78 is 27.3. The number of halogens is 2. The van der Waals surface area contributed by atoms with E-state index in [0.29, 0.717) is 25.8 Å². The molecule has 1 aromatic rings. The number of hydrogen-bond acceptors (Lipinski definition) is 2. The van der Waals surface area contributed by atoms with Gasteiger partial charge >= 0.3 is 5.97 Å². The minimum atomic E-state index is -0.747. The van der Waals surface area contributed by atoms with Gasteiger partial charge in [-0.3, -0.25) is 9.69 Å². The molecule has 2 aliphatic rings. The molecule has 5 heteroatoms. The van der Waals surface area contributed by atoms with Gasteiger partial charge in [-0.25, -0.2) is 8.78 Å². The van der Waals surface area contributed by atoms with Crippen LogP contribution >= 0.6 is 0 Å². The quantitative estimate of drug-likeness (QED) is 0.926. The first-order valence-corrected chi connectivity index (χ1v) is 6.97. The molecule has 1 saturated carbocycles. The fraction of sp³-hybridized carbons (Fsp3) is 0.533. The topological polar surface area (TPSA) is 40.5 Å². The van der Waals surface area contributed by atoms with Crippen LogP contribution in [0.4, 0.5) is 8.78 Å². The van der Waals surface area contributed by atoms with E-state index in [1.807, 2.05) is 0 Å². The van der Waals surface area contributed by atoms with Gasteiger partial charge in [0, 0.05) is 18.2 Å². The minimum absolute atomic E-state index is 0.0786. The van der Waals surface area contributed by atoms with Gasteiger partial charge in [0.15, 0.2) is 0 Å². The van der Waals surface area contributed by atoms with E-state index in [9.17, 15) is 13.6 Å². The van der Waals surface area contributed by atoms with Gasteiger partial charge in [-0.05, 0) is 43.9 Å². The lowest BCUT2D eigenvalue weighted by molar-refractivity contribution is -0.141. The molecule has 108 valence electrons. The van der Waals surface area contributed by atoms with Crippen molar-refractivity contribution in [3.05, 3.63) is 35.4 Å². The fourth-order valence-electron chi connectivity index (χ4n) is 3.34. The second-order valence-corrected chi connectivity index (χ2v) is 5.78. The number of likely N-dealkylation sites (tertiary alicyclic amines) is 1. The molecule has 3 nitrogen and oxygen atoms in total. The Bertz CT molecular complexity index is 508. The molecule has 1 atom stereocenters. The Morgan fingerprint density at radius 2 is 1.90 bits per heavy atom. The highest BCUT2D eigenvalue weighted by atomic mass is 19.1. The van der Waals surface area contributed by atoms with Crippen molar-refractivity contribution < 1.29 is 18.7 Å². The summed E-state index contributed by atoms with van der Waals surface area (Å²) in [4.78, 5) is 13.1. The number of carboxylic acids is 1. The van der Waals surface area contributed by atoms with Crippen molar-refractivity contribution >= 4 is 5.97 Å². The largest absolute Gasteiger partial charge is 0.481 e. The summed E-state index contributed by atoms with van der Waals surface area (Å²) in [5.41, 5.74) is 0.192. The Morgan fingerprint density at radius 1 is 1.25 bits per heavy atom. The molecule has 3 rings (SSSR count). The van der Waals surface area contributed by atoms with Crippen LogP contribution in [0.15, 0.2) is 18.2 Å². The highest BCUT2D eigenvalue weighted by Gasteiger charge is 2.40. The summed E-state index contributed by atoms with van der Waals surface area (Å²) in [5.74, 6) is -2.07. The Kier molecular flexibility index (Phi) is 3.46. The molecule has 1 N–H and O–H groups in total. The van der Waals surface area contributed by atoms with Crippen molar-refractivity contribution in [2.24, 2.45) is 5.92 Å². The molecular formula is C15H17F2NO2. The predicted molar refractivity (Wildman–Crippen MR) is 69.4 cm³/mol. The highest BCUT2D eigenvalue weighted by Crippen LogP contribution is 2.43. The third-order valence-electron chi connectivity index (χ3n) is 4.61. The standard InChI is InChI=1S/C15H17F2NO2/c16-12-2-1-3-13(17)14(12)10-6-11(7-10)18-5-4-9(8-18)15(19)20/h1-3,9-11H,4-8H2,(H,19,20). The molecule has 0 aromatic heterocycles. The molecule has 1 aliphatic carbocycles. The van der Waals surface area contributed by atoms with Gasteiger partial charge in [0.2, 0.25) is 0 Å². The van der Waals surface area contributed by atoms with E-state index in [1.165, 1.54) is 18.2 Å². The Hall–Kier alpha value is -1.49. The Balaban J connectivity index is 1.61. The van der Waals surface area contributed by atoms with Crippen molar-refractivity contribution in [1.82, 2.24) is 4.90 Å². The third kappa shape index (κ3) is 2.30. The SMILES string of the molecule is O=C(O)C1CCN(C2CC(c3c(F)cccc3F)C2)C1. The molecule has 0 spiro atoms. The maximum Gasteiger partial charge on any atom is 0.307 e. The van der Waals surface area contributed by atoms with Gasteiger partial charge in [0.05, 0.1) is 5.92 Å². The lowest BCUT2D eigenvalue weighted by Gasteiger charge is -2.41. The summed E-state index contributed by atoms with van der Waals surface area (Å²) in [5, 5.41) is 8.98. The second kappa shape index (κ2) is 5.13. The fourth-order valence-corrected chi connectivity index (χ4v) is 3.34. The van der Waals surface area contributed by atoms with E-state index in [-0.39, 0.29) is 23.4 Å². The number of nitrogens with zero attached hydrogens (tertiary/aromatic N) is 1. The van der Waals surface area contributed by atoms with E-state index in [4.69, 9.17) is 5.11 Å². The highest BCUT2D eigenvalue weighted by molar-refractivity contribution is 5.70. The van der Waals surface area contributed by atoms with Crippen LogP contribution in [0.25, 0.3) is 0 Å². The maximum absolute atomic E-state index is 13.7. The summed E-state index contributed by atoms with van der Waals surface area (Å²) >= 11 is 0. The monoisotopic (exact) mass is 281 g/mol. The molecule has 1 aliphatic heterocycles. The van der Waals surface area contributed by atoms with Crippen molar-refractivity contribution in [3.8, 4) is 0 Å². The molecule has 20 heavy (non-hydrogen) atoms.